The summed E-state index contributed by atoms with van der Waals surface area (Å²) in [5, 5.41) is 5.60. The number of hydrogen-bond donors (Lipinski definition) is 1. The lowest BCUT2D eigenvalue weighted by atomic mass is 9.81. The maximum Gasteiger partial charge on any atom is 0.263 e. The minimum atomic E-state index is -0.635. The molecule has 4 aliphatic heterocycles. The molecular formula is C34H41Cl2N5O2S. The van der Waals surface area contributed by atoms with E-state index in [1.807, 2.05) is 46.2 Å². The number of benzene rings is 2. The Morgan fingerprint density at radius 3 is 2.25 bits per heavy atom. The van der Waals surface area contributed by atoms with Crippen molar-refractivity contribution in [3.05, 3.63) is 80.3 Å². The van der Waals surface area contributed by atoms with E-state index in [1.165, 1.54) is 11.8 Å². The molecule has 0 aromatic heterocycles. The zero-order valence-electron chi connectivity index (χ0n) is 26.2. The first-order valence-corrected chi connectivity index (χ1v) is 17.2. The van der Waals surface area contributed by atoms with Crippen molar-refractivity contribution < 1.29 is 9.59 Å². The van der Waals surface area contributed by atoms with Gasteiger partial charge in [-0.05, 0) is 93.6 Å². The molecule has 2 aromatic carbocycles. The van der Waals surface area contributed by atoms with E-state index in [-0.39, 0.29) is 41.9 Å². The van der Waals surface area contributed by atoms with Gasteiger partial charge in [-0.15, -0.1) is 0 Å². The first-order chi connectivity index (χ1) is 20.9. The van der Waals surface area contributed by atoms with E-state index < -0.39 is 11.6 Å². The first kappa shape index (κ1) is 31.5. The van der Waals surface area contributed by atoms with E-state index in [9.17, 15) is 9.59 Å². The molecule has 0 saturated carbocycles. The van der Waals surface area contributed by atoms with Crippen molar-refractivity contribution in [2.24, 2.45) is 10.9 Å². The van der Waals surface area contributed by atoms with Crippen molar-refractivity contribution in [2.45, 2.75) is 90.1 Å². The van der Waals surface area contributed by atoms with E-state index >= 15 is 0 Å². The highest BCUT2D eigenvalue weighted by Gasteiger charge is 2.54. The van der Waals surface area contributed by atoms with Crippen LogP contribution in [-0.4, -0.2) is 68.9 Å². The highest BCUT2D eigenvalue weighted by molar-refractivity contribution is 8.18. The quantitative estimate of drug-likeness (QED) is 0.383. The molecule has 1 unspecified atom stereocenters. The number of carbonyl (C=O) groups excluding carboxylic acids is 2. The fraction of sp³-hybridized carbons (Fsp3) is 0.500. The molecule has 2 saturated heterocycles. The minimum absolute atomic E-state index is 0.0302. The van der Waals surface area contributed by atoms with Crippen molar-refractivity contribution in [1.82, 2.24) is 20.0 Å². The van der Waals surface area contributed by atoms with Crippen molar-refractivity contribution in [3.63, 3.8) is 0 Å². The Kier molecular flexibility index (Phi) is 8.59. The summed E-state index contributed by atoms with van der Waals surface area (Å²) in [6, 6.07) is 15.4. The summed E-state index contributed by atoms with van der Waals surface area (Å²) in [6.07, 6.45) is 1.48. The molecule has 4 heterocycles. The van der Waals surface area contributed by atoms with Crippen LogP contribution in [0.25, 0.3) is 0 Å². The fourth-order valence-electron chi connectivity index (χ4n) is 7.27. The van der Waals surface area contributed by atoms with Crippen LogP contribution in [0.3, 0.4) is 0 Å². The molecule has 1 N–H and O–H groups in total. The van der Waals surface area contributed by atoms with E-state index in [0.717, 1.165) is 35.0 Å². The molecule has 6 rings (SSSR count). The smallest absolute Gasteiger partial charge is 0.263 e. The van der Waals surface area contributed by atoms with Gasteiger partial charge < -0.3 is 20.0 Å². The van der Waals surface area contributed by atoms with Crippen LogP contribution in [0.5, 0.6) is 0 Å². The van der Waals surface area contributed by atoms with Crippen molar-refractivity contribution in [1.29, 1.82) is 0 Å². The van der Waals surface area contributed by atoms with E-state index in [2.05, 4.69) is 63.9 Å². The number of fused-ring (bicyclic) bond motifs is 1. The van der Waals surface area contributed by atoms with Gasteiger partial charge in [0.05, 0.1) is 6.04 Å². The molecule has 234 valence electrons. The van der Waals surface area contributed by atoms with Crippen LogP contribution < -0.4 is 5.32 Å². The Bertz CT molecular complexity index is 1510. The normalized spacial score (nSPS) is 30.3. The molecule has 0 aliphatic carbocycles. The number of likely N-dealkylation sites (tertiary alicyclic amines) is 1. The number of allylic oxidation sites excluding steroid dienone is 1. The molecular weight excluding hydrogens is 613 g/mol. The summed E-state index contributed by atoms with van der Waals surface area (Å²) in [4.78, 5) is 40.8. The predicted octanol–water partition coefficient (Wildman–Crippen LogP) is 6.82. The Labute approximate surface area is 275 Å². The molecule has 2 amide bonds. The van der Waals surface area contributed by atoms with Gasteiger partial charge in [-0.25, -0.2) is 4.99 Å². The maximum atomic E-state index is 14.7. The molecule has 44 heavy (non-hydrogen) atoms. The van der Waals surface area contributed by atoms with Gasteiger partial charge in [-0.2, -0.15) is 0 Å². The van der Waals surface area contributed by atoms with Gasteiger partial charge in [-0.1, -0.05) is 61.3 Å². The SMILES string of the molecule is CC1CN(C(=O)[C@@H]2CC[C@@H](C)N2C(=O)C2=C(C(C)C)N3C(=N[C@@](C)(c4ccc(Cl)cc4)[C@H]3c3ccc(Cl)cc3)S2)[C@H](C)CN1. The lowest BCUT2D eigenvalue weighted by Crippen LogP contribution is -2.60. The minimum Gasteiger partial charge on any atom is -0.335 e. The molecule has 2 aromatic rings. The largest absolute Gasteiger partial charge is 0.335 e. The summed E-state index contributed by atoms with van der Waals surface area (Å²) in [7, 11) is 0. The summed E-state index contributed by atoms with van der Waals surface area (Å²) in [5.41, 5.74) is 2.41. The number of nitrogens with one attached hydrogen (secondary N) is 1. The van der Waals surface area contributed by atoms with Gasteiger partial charge in [0.15, 0.2) is 5.17 Å². The highest BCUT2D eigenvalue weighted by Crippen LogP contribution is 2.56. The van der Waals surface area contributed by atoms with E-state index in [1.54, 1.807) is 0 Å². The monoisotopic (exact) mass is 653 g/mol. The second kappa shape index (κ2) is 12.0. The van der Waals surface area contributed by atoms with Gasteiger partial charge >= 0.3 is 0 Å². The average molecular weight is 655 g/mol. The molecule has 2 fully saturated rings. The molecule has 0 radical (unpaired) electrons. The lowest BCUT2D eigenvalue weighted by molar-refractivity contribution is -0.145. The van der Waals surface area contributed by atoms with Crippen LogP contribution in [0.1, 0.15) is 71.6 Å². The Morgan fingerprint density at radius 2 is 1.61 bits per heavy atom. The summed E-state index contributed by atoms with van der Waals surface area (Å²) in [5.74, 6) is 0.0288. The number of aliphatic imine (C=N–C) groups is 1. The maximum absolute atomic E-state index is 14.7. The van der Waals surface area contributed by atoms with Crippen LogP contribution in [0.2, 0.25) is 10.0 Å². The van der Waals surface area contributed by atoms with E-state index in [4.69, 9.17) is 28.2 Å². The standard InChI is InChI=1S/C34H41Cl2N5O2S/c1-19(2)28-29(32(43)40-21(4)7-16-27(40)31(42)39-18-20(3)37-17-22(39)5)44-33-38-34(6,24-10-14-26(36)15-11-24)30(41(28)33)23-8-12-25(35)13-9-23/h8-15,19-22,27,30,37H,7,16-18H2,1-6H3/t20?,21-,22-,27+,30-,34+/m1/s1. The van der Waals surface area contributed by atoms with Crippen LogP contribution in [0.4, 0.5) is 0 Å². The Hall–Kier alpha value is -2.52. The Balaban J connectivity index is 1.40. The zero-order valence-corrected chi connectivity index (χ0v) is 28.5. The summed E-state index contributed by atoms with van der Waals surface area (Å²) >= 11 is 14.0. The second-order valence-electron chi connectivity index (χ2n) is 13.1. The third-order valence-corrected chi connectivity index (χ3v) is 11.2. The van der Waals surface area contributed by atoms with Gasteiger partial charge in [0.2, 0.25) is 5.91 Å². The molecule has 6 atom stereocenters. The molecule has 10 heteroatoms. The predicted molar refractivity (Wildman–Crippen MR) is 180 cm³/mol. The molecule has 0 bridgehead atoms. The van der Waals surface area contributed by atoms with Gasteiger partial charge in [0.1, 0.15) is 16.5 Å². The van der Waals surface area contributed by atoms with Gasteiger partial charge in [0, 0.05) is 47.0 Å². The lowest BCUT2D eigenvalue weighted by Gasteiger charge is -2.40. The third kappa shape index (κ3) is 5.36. The number of amides is 2. The molecule has 0 spiro atoms. The number of thioether (sulfide) groups is 1. The van der Waals surface area contributed by atoms with Crippen LogP contribution in [0.15, 0.2) is 64.1 Å². The van der Waals surface area contributed by atoms with Crippen LogP contribution in [0, 0.1) is 5.92 Å². The first-order valence-electron chi connectivity index (χ1n) is 15.6. The van der Waals surface area contributed by atoms with Gasteiger partial charge in [0.25, 0.3) is 5.91 Å². The average Bonchev–Trinajstić information content (AvgIpc) is 3.64. The fourth-order valence-corrected chi connectivity index (χ4v) is 8.87. The number of carbonyl (C=O) groups is 2. The topological polar surface area (TPSA) is 68.2 Å². The second-order valence-corrected chi connectivity index (χ2v) is 15.0. The highest BCUT2D eigenvalue weighted by atomic mass is 35.5. The van der Waals surface area contributed by atoms with Crippen molar-refractivity contribution in [3.8, 4) is 0 Å². The number of nitrogens with zero attached hydrogens (tertiary/aromatic N) is 4. The summed E-state index contributed by atoms with van der Waals surface area (Å²) in [6.45, 7) is 14.1. The van der Waals surface area contributed by atoms with Gasteiger partial charge in [-0.3, -0.25) is 9.59 Å². The summed E-state index contributed by atoms with van der Waals surface area (Å²) < 4.78 is 0. The number of amidine groups is 1. The van der Waals surface area contributed by atoms with Crippen LogP contribution in [-0.2, 0) is 15.1 Å². The van der Waals surface area contributed by atoms with Crippen molar-refractivity contribution >= 4 is 51.9 Å². The molecule has 4 aliphatic rings. The zero-order chi connectivity index (χ0) is 31.5. The number of piperazine rings is 1. The Morgan fingerprint density at radius 1 is 0.977 bits per heavy atom. The number of hydrogen-bond acceptors (Lipinski definition) is 6. The number of rotatable bonds is 5. The van der Waals surface area contributed by atoms with Crippen molar-refractivity contribution in [2.75, 3.05) is 13.1 Å². The van der Waals surface area contributed by atoms with E-state index in [0.29, 0.717) is 27.9 Å². The number of halogens is 2. The molecule has 7 nitrogen and oxygen atoms in total. The third-order valence-electron chi connectivity index (χ3n) is 9.60. The van der Waals surface area contributed by atoms with Crippen LogP contribution >= 0.6 is 35.0 Å².